The molecule has 1 unspecified atom stereocenters. The topological polar surface area (TPSA) is 137 Å². The Morgan fingerprint density at radius 1 is 1.18 bits per heavy atom. The highest BCUT2D eigenvalue weighted by Gasteiger charge is 2.47. The molecule has 234 valence electrons. The first kappa shape index (κ1) is 30.7. The largest absolute Gasteiger partial charge is 0.494 e. The van der Waals surface area contributed by atoms with Crippen LogP contribution in [0.1, 0.15) is 59.9 Å². The second kappa shape index (κ2) is 11.6. The van der Waals surface area contributed by atoms with Gasteiger partial charge in [-0.1, -0.05) is 24.4 Å². The number of amides is 2. The van der Waals surface area contributed by atoms with Crippen molar-refractivity contribution in [2.75, 3.05) is 20.3 Å². The Bertz CT molecular complexity index is 1830. The Morgan fingerprint density at radius 3 is 2.56 bits per heavy atom. The average molecular weight is 633 g/mol. The Kier molecular flexibility index (Phi) is 7.91. The number of nitrogens with two attached hydrogens (primary N) is 1. The predicted molar refractivity (Wildman–Crippen MR) is 168 cm³/mol. The van der Waals surface area contributed by atoms with Crippen molar-refractivity contribution >= 4 is 34.3 Å². The van der Waals surface area contributed by atoms with Gasteiger partial charge in [0.25, 0.3) is 5.91 Å². The number of carbonyl (C=O) groups excluding carboxylic acids is 2. The zero-order valence-electron chi connectivity index (χ0n) is 25.2. The highest BCUT2D eigenvalue weighted by atomic mass is 35.5. The summed E-state index contributed by atoms with van der Waals surface area (Å²) in [6.07, 6.45) is 3.25. The van der Waals surface area contributed by atoms with Gasteiger partial charge in [-0.25, -0.2) is 14.4 Å². The molecule has 3 heterocycles. The van der Waals surface area contributed by atoms with Crippen LogP contribution in [0.25, 0.3) is 22.2 Å². The lowest BCUT2D eigenvalue weighted by molar-refractivity contribution is -0.123. The maximum atomic E-state index is 13.9. The summed E-state index contributed by atoms with van der Waals surface area (Å²) in [5, 5.41) is 16.5. The van der Waals surface area contributed by atoms with Gasteiger partial charge in [0.2, 0.25) is 5.91 Å². The highest BCUT2D eigenvalue weighted by Crippen LogP contribution is 2.48. The van der Waals surface area contributed by atoms with Crippen molar-refractivity contribution in [3.63, 3.8) is 0 Å². The molecule has 0 bridgehead atoms. The molecular weight excluding hydrogens is 599 g/mol. The molecule has 2 amide bonds. The number of nitrogens with zero attached hydrogens (tertiary/aromatic N) is 2. The second-order valence-electron chi connectivity index (χ2n) is 12.1. The summed E-state index contributed by atoms with van der Waals surface area (Å²) in [4.78, 5) is 35.7. The van der Waals surface area contributed by atoms with Gasteiger partial charge in [0, 0.05) is 22.1 Å². The van der Waals surface area contributed by atoms with Crippen LogP contribution < -0.4 is 20.5 Å². The lowest BCUT2D eigenvalue weighted by atomic mass is 9.78. The lowest BCUT2D eigenvalue weighted by Crippen LogP contribution is -2.46. The number of ether oxygens (including phenoxy) is 2. The minimum atomic E-state index is -1.61. The van der Waals surface area contributed by atoms with Crippen molar-refractivity contribution in [3.05, 3.63) is 81.9 Å². The summed E-state index contributed by atoms with van der Waals surface area (Å²) < 4.78 is 25.4. The number of benzene rings is 2. The van der Waals surface area contributed by atoms with Crippen LogP contribution >= 0.6 is 11.6 Å². The van der Waals surface area contributed by atoms with Crippen molar-refractivity contribution in [3.8, 4) is 22.8 Å². The number of hydrogen-bond acceptors (Lipinski definition) is 7. The van der Waals surface area contributed by atoms with Gasteiger partial charge in [0.1, 0.15) is 46.1 Å². The molecular formula is C34H34ClFN4O5. The van der Waals surface area contributed by atoms with Crippen LogP contribution in [0.15, 0.2) is 48.5 Å². The molecule has 0 radical (unpaired) electrons. The molecule has 2 aromatic heterocycles. The van der Waals surface area contributed by atoms with E-state index in [9.17, 15) is 19.1 Å². The molecule has 1 fully saturated rings. The Morgan fingerprint density at radius 2 is 1.89 bits per heavy atom. The molecule has 1 saturated carbocycles. The zero-order chi connectivity index (χ0) is 32.1. The van der Waals surface area contributed by atoms with Gasteiger partial charge in [0.15, 0.2) is 0 Å². The van der Waals surface area contributed by atoms with Crippen molar-refractivity contribution in [2.45, 2.75) is 50.5 Å². The van der Waals surface area contributed by atoms with E-state index in [1.807, 2.05) is 0 Å². The van der Waals surface area contributed by atoms with Crippen LogP contribution in [-0.4, -0.2) is 47.2 Å². The Balaban J connectivity index is 1.42. The van der Waals surface area contributed by atoms with Crippen LogP contribution in [-0.2, 0) is 15.8 Å². The Labute approximate surface area is 264 Å². The third kappa shape index (κ3) is 5.36. The molecule has 1 aliphatic heterocycles. The van der Waals surface area contributed by atoms with Gasteiger partial charge in [-0.15, -0.1) is 0 Å². The van der Waals surface area contributed by atoms with E-state index in [2.05, 4.69) is 10.3 Å². The molecule has 6 rings (SSSR count). The van der Waals surface area contributed by atoms with Crippen molar-refractivity contribution in [2.24, 2.45) is 11.7 Å². The number of fused-ring (bicyclic) bond motifs is 2. The average Bonchev–Trinajstić information content (AvgIpc) is 3.70. The fourth-order valence-electron chi connectivity index (χ4n) is 6.38. The summed E-state index contributed by atoms with van der Waals surface area (Å²) in [6, 6.07) is 12.4. The first-order valence-electron chi connectivity index (χ1n) is 14.8. The molecule has 0 spiro atoms. The number of carbonyl (C=O) groups is 2. The predicted octanol–water partition coefficient (Wildman–Crippen LogP) is 5.35. The summed E-state index contributed by atoms with van der Waals surface area (Å²) in [5.41, 5.74) is 6.24. The number of nitrogens with one attached hydrogen (secondary N) is 1. The van der Waals surface area contributed by atoms with E-state index in [-0.39, 0.29) is 24.8 Å². The molecule has 1 aliphatic carbocycles. The molecule has 4 N–H and O–H groups in total. The van der Waals surface area contributed by atoms with E-state index in [1.165, 1.54) is 19.2 Å². The van der Waals surface area contributed by atoms with E-state index >= 15 is 0 Å². The third-order valence-corrected chi connectivity index (χ3v) is 9.60. The molecule has 2 aromatic carbocycles. The van der Waals surface area contributed by atoms with Crippen molar-refractivity contribution < 1.29 is 28.6 Å². The highest BCUT2D eigenvalue weighted by molar-refractivity contribution is 6.31. The number of methoxy groups -OCH3 is 1. The maximum Gasteiger partial charge on any atom is 0.251 e. The first-order chi connectivity index (χ1) is 21.4. The fourth-order valence-corrected chi connectivity index (χ4v) is 6.54. The number of aromatic nitrogens is 2. The molecule has 0 saturated heterocycles. The quantitative estimate of drug-likeness (QED) is 0.238. The molecule has 2 aliphatic rings. The van der Waals surface area contributed by atoms with Gasteiger partial charge < -0.3 is 25.6 Å². The van der Waals surface area contributed by atoms with E-state index in [1.54, 1.807) is 50.2 Å². The summed E-state index contributed by atoms with van der Waals surface area (Å²) in [5.74, 6) is -0.903. The standard InChI is InChI=1S/C34H34ClFN4O5/c1-18-25(35)13-20-12-21(14-26(44-3)28(20)39-18)31(41)38-16-34(43,22-6-4-5-7-22)27-15-24-30(45-17-33(24,2)32(37)42)29(40-27)19-8-10-23(36)11-9-19/h8-15,22,43H,4-7,16-17H2,1-3H3,(H2,37,42)(H,38,41)/t33-,34?/m0/s1. The number of primary amides is 1. The molecule has 45 heavy (non-hydrogen) atoms. The fraction of sp³-hybridized carbons (Fsp3) is 0.353. The maximum absolute atomic E-state index is 13.9. The van der Waals surface area contributed by atoms with Crippen LogP contribution in [0, 0.1) is 18.7 Å². The number of rotatable bonds is 8. The normalized spacial score (nSPS) is 19.2. The number of pyridine rings is 2. The number of aliphatic hydroxyl groups is 1. The monoisotopic (exact) mass is 632 g/mol. The molecule has 2 atom stereocenters. The van der Waals surface area contributed by atoms with Crippen molar-refractivity contribution in [1.29, 1.82) is 0 Å². The molecule has 4 aromatic rings. The zero-order valence-corrected chi connectivity index (χ0v) is 26.0. The van der Waals surface area contributed by atoms with Gasteiger partial charge in [-0.05, 0) is 81.1 Å². The van der Waals surface area contributed by atoms with E-state index < -0.39 is 28.6 Å². The Hall–Kier alpha value is -4.28. The van der Waals surface area contributed by atoms with E-state index in [4.69, 9.17) is 31.8 Å². The summed E-state index contributed by atoms with van der Waals surface area (Å²) in [7, 11) is 1.50. The van der Waals surface area contributed by atoms with Crippen LogP contribution in [0.3, 0.4) is 0 Å². The van der Waals surface area contributed by atoms with E-state index in [0.717, 1.165) is 12.8 Å². The SMILES string of the molecule is COc1cc(C(=O)NCC(O)(c2cc3c(c(-c4ccc(F)cc4)n2)OC[C@]3(C)C(N)=O)C2CCCC2)cc2cc(Cl)c(C)nc12. The van der Waals surface area contributed by atoms with E-state index in [0.29, 0.717) is 68.3 Å². The summed E-state index contributed by atoms with van der Waals surface area (Å²) in [6.45, 7) is 3.31. The molecule has 11 heteroatoms. The minimum absolute atomic E-state index is 0.00220. The van der Waals surface area contributed by atoms with Gasteiger partial charge in [-0.2, -0.15) is 0 Å². The number of halogens is 2. The van der Waals surface area contributed by atoms with Crippen LogP contribution in [0.5, 0.6) is 11.5 Å². The number of hydrogen-bond donors (Lipinski definition) is 3. The van der Waals surface area contributed by atoms with Gasteiger partial charge in [-0.3, -0.25) is 9.59 Å². The minimum Gasteiger partial charge on any atom is -0.494 e. The van der Waals surface area contributed by atoms with Gasteiger partial charge in [0.05, 0.1) is 30.1 Å². The van der Waals surface area contributed by atoms with Gasteiger partial charge >= 0.3 is 0 Å². The lowest BCUT2D eigenvalue weighted by Gasteiger charge is -2.35. The first-order valence-corrected chi connectivity index (χ1v) is 15.2. The van der Waals surface area contributed by atoms with Crippen LogP contribution in [0.4, 0.5) is 4.39 Å². The molecule has 9 nitrogen and oxygen atoms in total. The van der Waals surface area contributed by atoms with Crippen LogP contribution in [0.2, 0.25) is 5.02 Å². The second-order valence-corrected chi connectivity index (χ2v) is 12.5. The van der Waals surface area contributed by atoms with Crippen molar-refractivity contribution in [1.82, 2.24) is 15.3 Å². The summed E-state index contributed by atoms with van der Waals surface area (Å²) >= 11 is 6.32. The number of aryl methyl sites for hydroxylation is 1. The smallest absolute Gasteiger partial charge is 0.251 e. The third-order valence-electron chi connectivity index (χ3n) is 9.22.